The third-order valence-electron chi connectivity index (χ3n) is 2.20. The van der Waals surface area contributed by atoms with E-state index in [9.17, 15) is 13.9 Å². The summed E-state index contributed by atoms with van der Waals surface area (Å²) in [6.07, 6.45) is -0.658. The second-order valence-electron chi connectivity index (χ2n) is 3.58. The molecular formula is C11H15F2NO. The molecule has 0 radical (unpaired) electrons. The highest BCUT2D eigenvalue weighted by Crippen LogP contribution is 2.27. The van der Waals surface area contributed by atoms with E-state index in [1.165, 1.54) is 24.3 Å². The van der Waals surface area contributed by atoms with E-state index in [0.29, 0.717) is 12.1 Å². The fourth-order valence-corrected chi connectivity index (χ4v) is 1.31. The molecule has 1 atom stereocenters. The molecule has 0 aliphatic rings. The summed E-state index contributed by atoms with van der Waals surface area (Å²) < 4.78 is 25.7. The Bertz CT molecular complexity index is 305. The van der Waals surface area contributed by atoms with E-state index in [-0.39, 0.29) is 5.56 Å². The van der Waals surface area contributed by atoms with Crippen molar-refractivity contribution in [3.8, 4) is 0 Å². The Kier molecular flexibility index (Phi) is 3.77. The van der Waals surface area contributed by atoms with Gasteiger partial charge in [0.15, 0.2) is 0 Å². The molecule has 0 aliphatic carbocycles. The van der Waals surface area contributed by atoms with Crippen LogP contribution in [0.4, 0.5) is 8.78 Å². The maximum absolute atomic E-state index is 12.9. The van der Waals surface area contributed by atoms with Crippen molar-refractivity contribution >= 4 is 0 Å². The molecule has 0 aromatic heterocycles. The number of hydrogen-bond acceptors (Lipinski definition) is 2. The van der Waals surface area contributed by atoms with Gasteiger partial charge in [-0.25, -0.2) is 8.78 Å². The zero-order valence-corrected chi connectivity index (χ0v) is 8.80. The standard InChI is InChI=1S/C11H15F2NO/c1-11(12,13)9-5-3-8(4-6-9)10(15)7-14-2/h3-6,10,14-15H,7H2,1-2H3. The fraction of sp³-hybridized carbons (Fsp3) is 0.455. The lowest BCUT2D eigenvalue weighted by atomic mass is 10.0. The molecule has 1 aromatic rings. The summed E-state index contributed by atoms with van der Waals surface area (Å²) in [4.78, 5) is 0. The summed E-state index contributed by atoms with van der Waals surface area (Å²) in [7, 11) is 1.72. The van der Waals surface area contributed by atoms with Crippen LogP contribution >= 0.6 is 0 Å². The van der Waals surface area contributed by atoms with Crippen LogP contribution in [0.3, 0.4) is 0 Å². The Balaban J connectivity index is 2.81. The molecule has 15 heavy (non-hydrogen) atoms. The average molecular weight is 215 g/mol. The van der Waals surface area contributed by atoms with Crippen molar-refractivity contribution in [1.29, 1.82) is 0 Å². The van der Waals surface area contributed by atoms with Crippen LogP contribution in [0.25, 0.3) is 0 Å². The third-order valence-corrected chi connectivity index (χ3v) is 2.20. The third kappa shape index (κ3) is 3.25. The van der Waals surface area contributed by atoms with Crippen molar-refractivity contribution in [3.63, 3.8) is 0 Å². The smallest absolute Gasteiger partial charge is 0.270 e. The summed E-state index contributed by atoms with van der Waals surface area (Å²) >= 11 is 0. The molecule has 0 fully saturated rings. The summed E-state index contributed by atoms with van der Waals surface area (Å²) in [5, 5.41) is 12.4. The number of halogens is 2. The molecule has 1 aromatic carbocycles. The van der Waals surface area contributed by atoms with Crippen LogP contribution in [-0.2, 0) is 5.92 Å². The second kappa shape index (κ2) is 4.68. The number of hydrogen-bond donors (Lipinski definition) is 2. The molecule has 0 saturated carbocycles. The normalized spacial score (nSPS) is 13.9. The molecular weight excluding hydrogens is 200 g/mol. The first-order valence-electron chi connectivity index (χ1n) is 4.76. The van der Waals surface area contributed by atoms with Gasteiger partial charge in [0, 0.05) is 19.0 Å². The van der Waals surface area contributed by atoms with Crippen LogP contribution in [0.1, 0.15) is 24.2 Å². The predicted octanol–water partition coefficient (Wildman–Crippen LogP) is 2.05. The van der Waals surface area contributed by atoms with E-state index in [0.717, 1.165) is 6.92 Å². The van der Waals surface area contributed by atoms with Crippen molar-refractivity contribution in [2.45, 2.75) is 19.0 Å². The zero-order valence-electron chi connectivity index (χ0n) is 8.80. The van der Waals surface area contributed by atoms with Gasteiger partial charge in [-0.05, 0) is 12.6 Å². The van der Waals surface area contributed by atoms with Gasteiger partial charge in [0.2, 0.25) is 0 Å². The molecule has 0 saturated heterocycles. The van der Waals surface area contributed by atoms with Crippen molar-refractivity contribution < 1.29 is 13.9 Å². The molecule has 0 heterocycles. The highest BCUT2D eigenvalue weighted by atomic mass is 19.3. The number of aliphatic hydroxyl groups excluding tert-OH is 1. The predicted molar refractivity (Wildman–Crippen MR) is 54.9 cm³/mol. The maximum Gasteiger partial charge on any atom is 0.270 e. The van der Waals surface area contributed by atoms with Gasteiger partial charge < -0.3 is 10.4 Å². The second-order valence-corrected chi connectivity index (χ2v) is 3.58. The van der Waals surface area contributed by atoms with Crippen molar-refractivity contribution in [1.82, 2.24) is 5.32 Å². The highest BCUT2D eigenvalue weighted by molar-refractivity contribution is 5.26. The van der Waals surface area contributed by atoms with Crippen LogP contribution < -0.4 is 5.32 Å². The number of alkyl halides is 2. The van der Waals surface area contributed by atoms with Gasteiger partial charge in [-0.1, -0.05) is 24.3 Å². The summed E-state index contributed by atoms with van der Waals surface area (Å²) in [6.45, 7) is 1.26. The van der Waals surface area contributed by atoms with Crippen LogP contribution in [-0.4, -0.2) is 18.7 Å². The molecule has 1 unspecified atom stereocenters. The first-order valence-corrected chi connectivity index (χ1v) is 4.76. The van der Waals surface area contributed by atoms with Gasteiger partial charge in [-0.2, -0.15) is 0 Å². The molecule has 2 nitrogen and oxygen atoms in total. The van der Waals surface area contributed by atoms with Crippen LogP contribution in [0, 0.1) is 0 Å². The van der Waals surface area contributed by atoms with E-state index in [4.69, 9.17) is 0 Å². The van der Waals surface area contributed by atoms with Crippen molar-refractivity contribution in [2.24, 2.45) is 0 Å². The largest absolute Gasteiger partial charge is 0.387 e. The average Bonchev–Trinajstić information content (AvgIpc) is 2.17. The molecule has 0 amide bonds. The fourth-order valence-electron chi connectivity index (χ4n) is 1.31. The molecule has 4 heteroatoms. The van der Waals surface area contributed by atoms with Crippen LogP contribution in [0.15, 0.2) is 24.3 Å². The minimum absolute atomic E-state index is 0.0390. The molecule has 0 spiro atoms. The number of benzene rings is 1. The topological polar surface area (TPSA) is 32.3 Å². The lowest BCUT2D eigenvalue weighted by Crippen LogP contribution is -2.17. The Hall–Kier alpha value is -1.00. The first-order chi connectivity index (χ1) is 6.95. The SMILES string of the molecule is CNCC(O)c1ccc(C(C)(F)F)cc1. The minimum atomic E-state index is -2.83. The Morgan fingerprint density at radius 2 is 1.87 bits per heavy atom. The number of rotatable bonds is 4. The number of likely N-dealkylation sites (N-methyl/N-ethyl adjacent to an activating group) is 1. The van der Waals surface area contributed by atoms with Gasteiger partial charge in [0.05, 0.1) is 6.10 Å². The van der Waals surface area contributed by atoms with Gasteiger partial charge in [-0.3, -0.25) is 0 Å². The van der Waals surface area contributed by atoms with E-state index in [2.05, 4.69) is 5.32 Å². The van der Waals surface area contributed by atoms with Gasteiger partial charge >= 0.3 is 0 Å². The Labute approximate surface area is 87.9 Å². The van der Waals surface area contributed by atoms with Crippen LogP contribution in [0.5, 0.6) is 0 Å². The van der Waals surface area contributed by atoms with E-state index in [1.54, 1.807) is 7.05 Å². The van der Waals surface area contributed by atoms with Gasteiger partial charge in [0.25, 0.3) is 5.92 Å². The lowest BCUT2D eigenvalue weighted by Gasteiger charge is -2.13. The van der Waals surface area contributed by atoms with Crippen LogP contribution in [0.2, 0.25) is 0 Å². The van der Waals surface area contributed by atoms with Gasteiger partial charge in [-0.15, -0.1) is 0 Å². The molecule has 84 valence electrons. The highest BCUT2D eigenvalue weighted by Gasteiger charge is 2.23. The number of aliphatic hydroxyl groups is 1. The summed E-state index contributed by atoms with van der Waals surface area (Å²) in [5.74, 6) is -2.83. The summed E-state index contributed by atoms with van der Waals surface area (Å²) in [6, 6.07) is 5.73. The van der Waals surface area contributed by atoms with Crippen molar-refractivity contribution in [3.05, 3.63) is 35.4 Å². The zero-order chi connectivity index (χ0) is 11.5. The molecule has 1 rings (SSSR count). The Morgan fingerprint density at radius 3 is 2.27 bits per heavy atom. The lowest BCUT2D eigenvalue weighted by molar-refractivity contribution is 0.0174. The van der Waals surface area contributed by atoms with Crippen molar-refractivity contribution in [2.75, 3.05) is 13.6 Å². The molecule has 2 N–H and O–H groups in total. The molecule has 0 bridgehead atoms. The quantitative estimate of drug-likeness (QED) is 0.805. The minimum Gasteiger partial charge on any atom is -0.387 e. The summed E-state index contributed by atoms with van der Waals surface area (Å²) in [5.41, 5.74) is 0.597. The first kappa shape index (κ1) is 12.1. The Morgan fingerprint density at radius 1 is 1.33 bits per heavy atom. The van der Waals surface area contributed by atoms with E-state index >= 15 is 0 Å². The monoisotopic (exact) mass is 215 g/mol. The maximum atomic E-state index is 12.9. The number of nitrogens with one attached hydrogen (secondary N) is 1. The van der Waals surface area contributed by atoms with E-state index in [1.807, 2.05) is 0 Å². The molecule has 0 aliphatic heterocycles. The van der Waals surface area contributed by atoms with Gasteiger partial charge in [0.1, 0.15) is 0 Å². The van der Waals surface area contributed by atoms with E-state index < -0.39 is 12.0 Å².